The topological polar surface area (TPSA) is 117 Å². The molecule has 0 saturated carbocycles. The lowest BCUT2D eigenvalue weighted by atomic mass is 9.60. The average Bonchev–Trinajstić information content (AvgIpc) is 3.59. The molecule has 0 bridgehead atoms. The van der Waals surface area contributed by atoms with E-state index in [4.69, 9.17) is 9.47 Å². The predicted molar refractivity (Wildman–Crippen MR) is 163 cm³/mol. The smallest absolute Gasteiger partial charge is 0.264 e. The van der Waals surface area contributed by atoms with Crippen molar-refractivity contribution in [2.24, 2.45) is 5.92 Å². The maximum atomic E-state index is 13.7. The first-order chi connectivity index (χ1) is 20.1. The molecule has 3 heterocycles. The number of halogens is 1. The number of nitrogens with zero attached hydrogens (tertiary/aromatic N) is 1. The highest BCUT2D eigenvalue weighted by atomic mass is 79.9. The van der Waals surface area contributed by atoms with E-state index in [1.165, 1.54) is 11.3 Å². The number of hydrogen-bond acceptors (Lipinski definition) is 8. The number of aliphatic hydroxyl groups excluding tert-OH is 1. The second-order valence-corrected chi connectivity index (χ2v) is 14.5. The standard InChI is InChI=1S/C30H32BrN3O6S2/c1-17-6-8-22(9-7-17)42(37,38)33-32-20-11-18(2)30-14-21(16-35)34(29(36)24-5-4-10-41-24)15-19-12-23(39-3)27(31)28(26(19)30)40-25(30)13-20/h4-10,12-13,18,21,25,32-33,35H,11,14-16H2,1-3H3/t18-,21+,25-,30+/m1/s1. The van der Waals surface area contributed by atoms with Gasteiger partial charge in [0.2, 0.25) is 0 Å². The number of aliphatic hydroxyl groups is 1. The third-order valence-electron chi connectivity index (χ3n) is 8.70. The Morgan fingerprint density at radius 3 is 2.71 bits per heavy atom. The highest BCUT2D eigenvalue weighted by molar-refractivity contribution is 9.10. The van der Waals surface area contributed by atoms with Crippen LogP contribution in [0, 0.1) is 12.8 Å². The lowest BCUT2D eigenvalue weighted by molar-refractivity contribution is 0.0408. The molecule has 0 radical (unpaired) electrons. The number of carbonyl (C=O) groups excluding carboxylic acids is 1. The summed E-state index contributed by atoms with van der Waals surface area (Å²) in [6, 6.07) is 11.8. The Labute approximate surface area is 257 Å². The summed E-state index contributed by atoms with van der Waals surface area (Å²) in [4.78, 5) is 18.8. The molecule has 0 saturated heterocycles. The van der Waals surface area contributed by atoms with Gasteiger partial charge < -0.3 is 24.9 Å². The number of hydrazine groups is 1. The Morgan fingerprint density at radius 2 is 2.05 bits per heavy atom. The van der Waals surface area contributed by atoms with Gasteiger partial charge in [0.1, 0.15) is 22.1 Å². The molecule has 1 spiro atoms. The van der Waals surface area contributed by atoms with Crippen molar-refractivity contribution in [2.75, 3.05) is 13.7 Å². The van der Waals surface area contributed by atoms with Gasteiger partial charge >= 0.3 is 0 Å². The third kappa shape index (κ3) is 4.73. The summed E-state index contributed by atoms with van der Waals surface area (Å²) >= 11 is 5.07. The second-order valence-electron chi connectivity index (χ2n) is 11.1. The number of amides is 1. The van der Waals surface area contributed by atoms with Gasteiger partial charge in [0.05, 0.1) is 29.5 Å². The van der Waals surface area contributed by atoms with E-state index in [0.717, 1.165) is 16.7 Å². The fourth-order valence-electron chi connectivity index (χ4n) is 6.58. The molecular weight excluding hydrogens is 642 g/mol. The maximum Gasteiger partial charge on any atom is 0.264 e. The first-order valence-corrected chi connectivity index (χ1v) is 16.8. The van der Waals surface area contributed by atoms with E-state index in [9.17, 15) is 18.3 Å². The van der Waals surface area contributed by atoms with E-state index in [1.54, 1.807) is 42.3 Å². The van der Waals surface area contributed by atoms with Crippen molar-refractivity contribution in [3.05, 3.63) is 85.7 Å². The fourth-order valence-corrected chi connectivity index (χ4v) is 8.70. The normalized spacial score (nSPS) is 24.6. The fraction of sp³-hybridized carbons (Fsp3) is 0.367. The van der Waals surface area contributed by atoms with E-state index in [0.29, 0.717) is 45.9 Å². The summed E-state index contributed by atoms with van der Waals surface area (Å²) in [5.74, 6) is 1.08. The Bertz CT molecular complexity index is 1660. The SMILES string of the molecule is COc1cc2c3c(c1Br)O[C@@H]1C=C(NNS(=O)(=O)c4ccc(C)cc4)C[C@@H](C)[C@]31C[C@@H](CO)N(C(=O)c1cccs1)C2. The number of aryl methyl sites for hydroxylation is 1. The highest BCUT2D eigenvalue weighted by Crippen LogP contribution is 2.60. The summed E-state index contributed by atoms with van der Waals surface area (Å²) in [5, 5.41) is 12.5. The molecule has 3 aliphatic rings. The van der Waals surface area contributed by atoms with Crippen molar-refractivity contribution in [3.8, 4) is 11.5 Å². The number of hydrogen-bond donors (Lipinski definition) is 3. The van der Waals surface area contributed by atoms with Gasteiger partial charge in [-0.2, -0.15) is 0 Å². The van der Waals surface area contributed by atoms with Gasteiger partial charge in [-0.1, -0.05) is 30.7 Å². The quantitative estimate of drug-likeness (QED) is 0.313. The number of rotatable bonds is 7. The Morgan fingerprint density at radius 1 is 1.29 bits per heavy atom. The summed E-state index contributed by atoms with van der Waals surface area (Å²) < 4.78 is 38.9. The zero-order valence-electron chi connectivity index (χ0n) is 23.4. The predicted octanol–water partition coefficient (Wildman–Crippen LogP) is 4.64. The Hall–Kier alpha value is -2.90. The number of nitrogens with one attached hydrogen (secondary N) is 2. The molecule has 6 rings (SSSR count). The van der Waals surface area contributed by atoms with Crippen molar-refractivity contribution >= 4 is 43.2 Å². The molecule has 1 aliphatic carbocycles. The van der Waals surface area contributed by atoms with Crippen LogP contribution in [0.3, 0.4) is 0 Å². The monoisotopic (exact) mass is 673 g/mol. The number of sulfonamides is 1. The van der Waals surface area contributed by atoms with Gasteiger partial charge in [0.15, 0.2) is 0 Å². The second kappa shape index (κ2) is 11.0. The molecule has 3 aromatic rings. The summed E-state index contributed by atoms with van der Waals surface area (Å²) in [7, 11) is -2.21. The minimum Gasteiger partial charge on any atom is -0.495 e. The molecule has 1 amide bonds. The first-order valence-electron chi connectivity index (χ1n) is 13.7. The van der Waals surface area contributed by atoms with E-state index in [-0.39, 0.29) is 23.3 Å². The molecule has 2 aliphatic heterocycles. The van der Waals surface area contributed by atoms with Gasteiger partial charge in [-0.05, 0) is 82.9 Å². The van der Waals surface area contributed by atoms with E-state index >= 15 is 0 Å². The molecule has 0 unspecified atom stereocenters. The van der Waals surface area contributed by atoms with Crippen molar-refractivity contribution in [1.29, 1.82) is 0 Å². The van der Waals surface area contributed by atoms with Gasteiger partial charge in [-0.25, -0.2) is 8.42 Å². The minimum absolute atomic E-state index is 0.0370. The number of allylic oxidation sites excluding steroid dienone is 1. The minimum atomic E-state index is -3.80. The number of carbonyl (C=O) groups is 1. The molecule has 42 heavy (non-hydrogen) atoms. The Balaban J connectivity index is 1.39. The van der Waals surface area contributed by atoms with Crippen LogP contribution in [0.2, 0.25) is 0 Å². The van der Waals surface area contributed by atoms with Crippen LogP contribution >= 0.6 is 27.3 Å². The van der Waals surface area contributed by atoms with Gasteiger partial charge in [0.25, 0.3) is 15.9 Å². The van der Waals surface area contributed by atoms with Crippen molar-refractivity contribution in [2.45, 2.75) is 55.7 Å². The van der Waals surface area contributed by atoms with Crippen molar-refractivity contribution in [1.82, 2.24) is 15.2 Å². The zero-order chi connectivity index (χ0) is 29.8. The third-order valence-corrected chi connectivity index (χ3v) is 11.6. The summed E-state index contributed by atoms with van der Waals surface area (Å²) in [5.41, 5.74) is 5.93. The zero-order valence-corrected chi connectivity index (χ0v) is 26.6. The van der Waals surface area contributed by atoms with Crippen molar-refractivity contribution < 1.29 is 27.8 Å². The molecule has 2 aromatic carbocycles. The summed E-state index contributed by atoms with van der Waals surface area (Å²) in [6.45, 7) is 4.10. The van der Waals surface area contributed by atoms with E-state index in [1.807, 2.05) is 30.5 Å². The van der Waals surface area contributed by atoms with Crippen LogP contribution < -0.4 is 19.7 Å². The van der Waals surface area contributed by atoms with E-state index in [2.05, 4.69) is 33.1 Å². The van der Waals surface area contributed by atoms with Crippen LogP contribution in [0.4, 0.5) is 0 Å². The molecule has 1 aromatic heterocycles. The van der Waals surface area contributed by atoms with Crippen LogP contribution in [0.1, 0.15) is 46.1 Å². The molecule has 12 heteroatoms. The molecule has 0 fully saturated rings. The number of ether oxygens (including phenoxy) is 2. The largest absolute Gasteiger partial charge is 0.495 e. The Kier molecular flexibility index (Phi) is 7.63. The molecule has 4 atom stereocenters. The van der Waals surface area contributed by atoms with Gasteiger partial charge in [-0.3, -0.25) is 4.79 Å². The van der Waals surface area contributed by atoms with Crippen molar-refractivity contribution in [3.63, 3.8) is 0 Å². The molecule has 9 nitrogen and oxygen atoms in total. The van der Waals surface area contributed by atoms with Crippen LogP contribution in [-0.4, -0.2) is 50.2 Å². The van der Waals surface area contributed by atoms with Gasteiger partial charge in [-0.15, -0.1) is 16.2 Å². The van der Waals surface area contributed by atoms with Crippen LogP contribution in [-0.2, 0) is 22.0 Å². The summed E-state index contributed by atoms with van der Waals surface area (Å²) in [6.07, 6.45) is 2.45. The molecule has 3 N–H and O–H groups in total. The van der Waals surface area contributed by atoms with Gasteiger partial charge in [0, 0.05) is 23.2 Å². The lowest BCUT2D eigenvalue weighted by Crippen LogP contribution is -2.52. The maximum absolute atomic E-state index is 13.7. The van der Waals surface area contributed by atoms with Crippen LogP contribution in [0.15, 0.2) is 69.0 Å². The number of methoxy groups -OCH3 is 1. The first kappa shape index (κ1) is 29.2. The lowest BCUT2D eigenvalue weighted by Gasteiger charge is -2.44. The van der Waals surface area contributed by atoms with Crippen LogP contribution in [0.5, 0.6) is 11.5 Å². The van der Waals surface area contributed by atoms with E-state index < -0.39 is 27.6 Å². The molecular formula is C30H32BrN3O6S2. The number of benzene rings is 2. The van der Waals surface area contributed by atoms with Crippen LogP contribution in [0.25, 0.3) is 0 Å². The molecule has 222 valence electrons. The average molecular weight is 675 g/mol. The highest BCUT2D eigenvalue weighted by Gasteiger charge is 2.58. The number of thiophene rings is 1.